The second-order valence-electron chi connectivity index (χ2n) is 4.77. The summed E-state index contributed by atoms with van der Waals surface area (Å²) >= 11 is 1.14. The van der Waals surface area contributed by atoms with E-state index < -0.39 is 11.6 Å². The number of anilines is 1. The molecule has 1 aromatic carbocycles. The number of carbonyl (C=O) groups is 1. The van der Waals surface area contributed by atoms with Gasteiger partial charge in [0.05, 0.1) is 17.3 Å². The highest BCUT2D eigenvalue weighted by atomic mass is 35.5. The molecule has 1 amide bonds. The monoisotopic (exact) mass is 345 g/mol. The van der Waals surface area contributed by atoms with Gasteiger partial charge < -0.3 is 10.6 Å². The zero-order valence-corrected chi connectivity index (χ0v) is 13.1. The lowest BCUT2D eigenvalue weighted by atomic mass is 10.1. The van der Waals surface area contributed by atoms with E-state index in [-0.39, 0.29) is 35.6 Å². The zero-order chi connectivity index (χ0) is 14.8. The number of carbonyl (C=O) groups excluding carboxylic acids is 1. The van der Waals surface area contributed by atoms with Crippen molar-refractivity contribution < 1.29 is 13.6 Å². The number of hydrogen-bond donors (Lipinski definition) is 2. The maximum Gasteiger partial charge on any atom is 0.243 e. The third-order valence-electron chi connectivity index (χ3n) is 3.33. The largest absolute Gasteiger partial charge is 0.306 e. The second-order valence-corrected chi connectivity index (χ2v) is 5.63. The molecule has 118 valence electrons. The Morgan fingerprint density at radius 1 is 1.36 bits per heavy atom. The minimum absolute atomic E-state index is 0. The van der Waals surface area contributed by atoms with Gasteiger partial charge in [-0.05, 0) is 31.5 Å². The van der Waals surface area contributed by atoms with Crippen molar-refractivity contribution in [2.24, 2.45) is 0 Å². The predicted molar refractivity (Wildman–Crippen MR) is 84.4 cm³/mol. The maximum atomic E-state index is 13.7. The van der Waals surface area contributed by atoms with Crippen LogP contribution in [0.3, 0.4) is 0 Å². The van der Waals surface area contributed by atoms with Gasteiger partial charge in [0.25, 0.3) is 0 Å². The number of aromatic nitrogens is 1. The van der Waals surface area contributed by atoms with Crippen molar-refractivity contribution in [3.8, 4) is 11.3 Å². The van der Waals surface area contributed by atoms with E-state index in [2.05, 4.69) is 15.6 Å². The Labute approximate surface area is 136 Å². The number of amides is 1. The number of rotatable bonds is 3. The molecular formula is C14H14ClF2N3OS. The summed E-state index contributed by atoms with van der Waals surface area (Å²) in [4.78, 5) is 16.0. The van der Waals surface area contributed by atoms with Crippen molar-refractivity contribution in [2.75, 3.05) is 11.9 Å². The van der Waals surface area contributed by atoms with E-state index in [4.69, 9.17) is 0 Å². The van der Waals surface area contributed by atoms with Crippen molar-refractivity contribution in [3.63, 3.8) is 0 Å². The van der Waals surface area contributed by atoms with Gasteiger partial charge in [-0.15, -0.1) is 23.7 Å². The molecule has 1 aliphatic heterocycles. The van der Waals surface area contributed by atoms with Crippen molar-refractivity contribution in [3.05, 3.63) is 35.2 Å². The first-order valence-electron chi connectivity index (χ1n) is 6.59. The van der Waals surface area contributed by atoms with Gasteiger partial charge in [0.15, 0.2) is 5.13 Å². The van der Waals surface area contributed by atoms with Crippen LogP contribution in [0.4, 0.5) is 13.9 Å². The Kier molecular flexibility index (Phi) is 5.44. The molecule has 2 heterocycles. The summed E-state index contributed by atoms with van der Waals surface area (Å²) in [6, 6.07) is 3.44. The molecule has 2 N–H and O–H groups in total. The van der Waals surface area contributed by atoms with Crippen LogP contribution in [0.15, 0.2) is 23.6 Å². The molecule has 8 heteroatoms. The Balaban J connectivity index is 0.00000176. The van der Waals surface area contributed by atoms with E-state index in [0.29, 0.717) is 5.13 Å². The van der Waals surface area contributed by atoms with Gasteiger partial charge in [0.2, 0.25) is 5.91 Å². The number of nitrogens with one attached hydrogen (secondary N) is 2. The van der Waals surface area contributed by atoms with Gasteiger partial charge in [-0.3, -0.25) is 4.79 Å². The summed E-state index contributed by atoms with van der Waals surface area (Å²) in [5.74, 6) is -1.51. The van der Waals surface area contributed by atoms with Crippen LogP contribution in [-0.2, 0) is 4.79 Å². The molecule has 1 atom stereocenters. The Hall–Kier alpha value is -1.57. The quantitative estimate of drug-likeness (QED) is 0.898. The lowest BCUT2D eigenvalue weighted by Crippen LogP contribution is -2.35. The van der Waals surface area contributed by atoms with Crippen LogP contribution in [0.5, 0.6) is 0 Å². The van der Waals surface area contributed by atoms with E-state index >= 15 is 0 Å². The highest BCUT2D eigenvalue weighted by Gasteiger charge is 2.23. The highest BCUT2D eigenvalue weighted by molar-refractivity contribution is 7.14. The highest BCUT2D eigenvalue weighted by Crippen LogP contribution is 2.29. The van der Waals surface area contributed by atoms with Crippen LogP contribution >= 0.6 is 23.7 Å². The van der Waals surface area contributed by atoms with Gasteiger partial charge >= 0.3 is 0 Å². The van der Waals surface area contributed by atoms with E-state index in [0.717, 1.165) is 30.7 Å². The van der Waals surface area contributed by atoms with E-state index in [1.807, 2.05) is 0 Å². The van der Waals surface area contributed by atoms with Gasteiger partial charge in [0, 0.05) is 5.38 Å². The number of nitrogens with zero attached hydrogens (tertiary/aromatic N) is 1. The molecule has 1 fully saturated rings. The van der Waals surface area contributed by atoms with Gasteiger partial charge in [-0.1, -0.05) is 6.07 Å². The molecule has 0 aliphatic carbocycles. The third-order valence-corrected chi connectivity index (χ3v) is 4.09. The van der Waals surface area contributed by atoms with Crippen LogP contribution in [0, 0.1) is 11.6 Å². The standard InChI is InChI=1S/C14H13F2N3OS.ClH/c15-8-3-1-4-9(16)12(8)11-7-21-14(18-11)19-13(20)10-5-2-6-17-10;/h1,3-4,7,10,17H,2,5-6H2,(H,18,19,20);1H. The summed E-state index contributed by atoms with van der Waals surface area (Å²) in [6.45, 7) is 0.821. The van der Waals surface area contributed by atoms with Gasteiger partial charge in [-0.25, -0.2) is 13.8 Å². The van der Waals surface area contributed by atoms with Crippen molar-refractivity contribution in [2.45, 2.75) is 18.9 Å². The predicted octanol–water partition coefficient (Wildman–Crippen LogP) is 3.20. The molecule has 1 unspecified atom stereocenters. The Bertz CT molecular complexity index is 654. The third kappa shape index (κ3) is 3.43. The molecule has 0 spiro atoms. The Morgan fingerprint density at radius 3 is 2.73 bits per heavy atom. The van der Waals surface area contributed by atoms with Crippen molar-refractivity contribution in [1.82, 2.24) is 10.3 Å². The SMILES string of the molecule is Cl.O=C(Nc1nc(-c2c(F)cccc2F)cs1)C1CCCN1. The molecule has 3 rings (SSSR count). The molecule has 22 heavy (non-hydrogen) atoms. The average Bonchev–Trinajstić information content (AvgIpc) is 3.10. The topological polar surface area (TPSA) is 54.0 Å². The first-order valence-corrected chi connectivity index (χ1v) is 7.47. The molecule has 1 saturated heterocycles. The molecule has 0 radical (unpaired) electrons. The zero-order valence-electron chi connectivity index (χ0n) is 11.4. The maximum absolute atomic E-state index is 13.7. The van der Waals surface area contributed by atoms with Crippen LogP contribution < -0.4 is 10.6 Å². The molecule has 2 aromatic rings. The lowest BCUT2D eigenvalue weighted by molar-refractivity contribution is -0.117. The van der Waals surface area contributed by atoms with Crippen molar-refractivity contribution in [1.29, 1.82) is 0 Å². The summed E-state index contributed by atoms with van der Waals surface area (Å²) in [6.07, 6.45) is 1.74. The fourth-order valence-corrected chi connectivity index (χ4v) is 2.99. The minimum atomic E-state index is -0.671. The first kappa shape index (κ1) is 16.8. The summed E-state index contributed by atoms with van der Waals surface area (Å²) in [7, 11) is 0. The van der Waals surface area contributed by atoms with Crippen LogP contribution in [0.2, 0.25) is 0 Å². The number of halogens is 3. The number of thiazole rings is 1. The molecule has 4 nitrogen and oxygen atoms in total. The molecule has 1 aromatic heterocycles. The van der Waals surface area contributed by atoms with E-state index in [9.17, 15) is 13.6 Å². The number of hydrogen-bond acceptors (Lipinski definition) is 4. The summed E-state index contributed by atoms with van der Waals surface area (Å²) in [5, 5.41) is 7.62. The fourth-order valence-electron chi connectivity index (χ4n) is 2.29. The lowest BCUT2D eigenvalue weighted by Gasteiger charge is -2.08. The number of benzene rings is 1. The minimum Gasteiger partial charge on any atom is -0.306 e. The molecule has 0 bridgehead atoms. The van der Waals surface area contributed by atoms with E-state index in [1.54, 1.807) is 0 Å². The van der Waals surface area contributed by atoms with Gasteiger partial charge in [-0.2, -0.15) is 0 Å². The van der Waals surface area contributed by atoms with Gasteiger partial charge in [0.1, 0.15) is 11.6 Å². The fraction of sp³-hybridized carbons (Fsp3) is 0.286. The smallest absolute Gasteiger partial charge is 0.243 e. The molecular weight excluding hydrogens is 332 g/mol. The van der Waals surface area contributed by atoms with Crippen LogP contribution in [-0.4, -0.2) is 23.5 Å². The Morgan fingerprint density at radius 2 is 2.09 bits per heavy atom. The summed E-state index contributed by atoms with van der Waals surface area (Å²) in [5.41, 5.74) is 0.0125. The van der Waals surface area contributed by atoms with E-state index in [1.165, 1.54) is 23.6 Å². The normalized spacial score (nSPS) is 17.1. The summed E-state index contributed by atoms with van der Waals surface area (Å²) < 4.78 is 27.4. The first-order chi connectivity index (χ1) is 10.1. The molecule has 1 aliphatic rings. The van der Waals surface area contributed by atoms with Crippen LogP contribution in [0.1, 0.15) is 12.8 Å². The average molecular weight is 346 g/mol. The van der Waals surface area contributed by atoms with Crippen molar-refractivity contribution >= 4 is 34.8 Å². The van der Waals surface area contributed by atoms with Crippen LogP contribution in [0.25, 0.3) is 11.3 Å². The molecule has 0 saturated carbocycles. The second kappa shape index (κ2) is 7.13.